The summed E-state index contributed by atoms with van der Waals surface area (Å²) in [7, 11) is 0. The van der Waals surface area contributed by atoms with E-state index in [2.05, 4.69) is 5.32 Å². The molecule has 4 nitrogen and oxygen atoms in total. The lowest BCUT2D eigenvalue weighted by Crippen LogP contribution is -2.32. The molecule has 0 aromatic heterocycles. The molecule has 0 aliphatic carbocycles. The fraction of sp³-hybridized carbons (Fsp3) is 0.300. The second kappa shape index (κ2) is 8.32. The van der Waals surface area contributed by atoms with Crippen LogP contribution in [0.15, 0.2) is 48.5 Å². The summed E-state index contributed by atoms with van der Waals surface area (Å²) in [5.74, 6) is -1.10. The minimum atomic E-state index is -0.651. The van der Waals surface area contributed by atoms with E-state index in [0.717, 1.165) is 6.42 Å². The van der Waals surface area contributed by atoms with Crippen LogP contribution < -0.4 is 5.32 Å². The summed E-state index contributed by atoms with van der Waals surface area (Å²) in [6.07, 6.45) is 1.19. The van der Waals surface area contributed by atoms with Gasteiger partial charge in [-0.05, 0) is 24.1 Å². The van der Waals surface area contributed by atoms with Crippen LogP contribution >= 0.6 is 11.6 Å². The van der Waals surface area contributed by atoms with Crippen molar-refractivity contribution in [2.75, 3.05) is 19.6 Å². The third kappa shape index (κ3) is 4.41. The maximum absolute atomic E-state index is 13.8. The van der Waals surface area contributed by atoms with Crippen LogP contribution in [0.2, 0.25) is 5.02 Å². The molecular weight excluding hydrogens is 355 g/mol. The molecule has 26 heavy (non-hydrogen) atoms. The van der Waals surface area contributed by atoms with Gasteiger partial charge in [-0.1, -0.05) is 48.0 Å². The first kappa shape index (κ1) is 18.4. The summed E-state index contributed by atoms with van der Waals surface area (Å²) in [5.41, 5.74) is 1.03. The van der Waals surface area contributed by atoms with Crippen LogP contribution in [0.1, 0.15) is 22.3 Å². The van der Waals surface area contributed by atoms with Gasteiger partial charge in [0.25, 0.3) is 5.91 Å². The Hall–Kier alpha value is -2.40. The molecule has 2 aromatic carbocycles. The SMILES string of the molecule is O=C(NCC1CC(=O)N(CCc2ccccc2)C1)c1c(F)cccc1Cl. The van der Waals surface area contributed by atoms with Crippen molar-refractivity contribution < 1.29 is 14.0 Å². The molecule has 1 aliphatic rings. The Labute approximate surface area is 157 Å². The van der Waals surface area contributed by atoms with E-state index in [1.807, 2.05) is 35.2 Å². The van der Waals surface area contributed by atoms with Crippen LogP contribution in [0.5, 0.6) is 0 Å². The molecule has 1 heterocycles. The van der Waals surface area contributed by atoms with Gasteiger partial charge in [0.15, 0.2) is 0 Å². The second-order valence-corrected chi connectivity index (χ2v) is 6.86. The Morgan fingerprint density at radius 3 is 2.69 bits per heavy atom. The van der Waals surface area contributed by atoms with Crippen LogP contribution in [0.4, 0.5) is 4.39 Å². The Morgan fingerprint density at radius 1 is 1.19 bits per heavy atom. The molecule has 3 rings (SSSR count). The first-order valence-corrected chi connectivity index (χ1v) is 8.96. The Bertz CT molecular complexity index is 777. The average molecular weight is 375 g/mol. The van der Waals surface area contributed by atoms with E-state index in [0.29, 0.717) is 26.1 Å². The molecule has 1 saturated heterocycles. The van der Waals surface area contributed by atoms with Crippen molar-refractivity contribution in [2.24, 2.45) is 5.92 Å². The largest absolute Gasteiger partial charge is 0.352 e. The van der Waals surface area contributed by atoms with Crippen LogP contribution in [-0.2, 0) is 11.2 Å². The minimum Gasteiger partial charge on any atom is -0.352 e. The summed E-state index contributed by atoms with van der Waals surface area (Å²) < 4.78 is 13.8. The molecule has 136 valence electrons. The molecule has 1 fully saturated rings. The van der Waals surface area contributed by atoms with E-state index in [1.54, 1.807) is 0 Å². The lowest BCUT2D eigenvalue weighted by Gasteiger charge is -2.17. The molecule has 0 bridgehead atoms. The third-order valence-electron chi connectivity index (χ3n) is 4.55. The van der Waals surface area contributed by atoms with Crippen molar-refractivity contribution in [1.82, 2.24) is 10.2 Å². The lowest BCUT2D eigenvalue weighted by atomic mass is 10.1. The van der Waals surface area contributed by atoms with Gasteiger partial charge in [-0.15, -0.1) is 0 Å². The zero-order valence-electron chi connectivity index (χ0n) is 14.3. The van der Waals surface area contributed by atoms with E-state index in [9.17, 15) is 14.0 Å². The van der Waals surface area contributed by atoms with E-state index < -0.39 is 11.7 Å². The highest BCUT2D eigenvalue weighted by molar-refractivity contribution is 6.33. The van der Waals surface area contributed by atoms with Crippen molar-refractivity contribution in [3.8, 4) is 0 Å². The summed E-state index contributed by atoms with van der Waals surface area (Å²) in [6.45, 7) is 1.57. The lowest BCUT2D eigenvalue weighted by molar-refractivity contribution is -0.127. The number of hydrogen-bond donors (Lipinski definition) is 1. The zero-order valence-corrected chi connectivity index (χ0v) is 15.0. The molecule has 1 atom stereocenters. The summed E-state index contributed by atoms with van der Waals surface area (Å²) in [5, 5.41) is 2.77. The van der Waals surface area contributed by atoms with Gasteiger partial charge in [0.1, 0.15) is 5.82 Å². The molecule has 2 aromatic rings. The number of rotatable bonds is 6. The number of amides is 2. The standard InChI is InChI=1S/C20H20ClFN2O2/c21-16-7-4-8-17(22)19(16)20(26)23-12-15-11-18(25)24(13-15)10-9-14-5-2-1-3-6-14/h1-8,15H,9-13H2,(H,23,26). The predicted molar refractivity (Wildman–Crippen MR) is 98.6 cm³/mol. The summed E-state index contributed by atoms with van der Waals surface area (Å²) >= 11 is 5.90. The van der Waals surface area contributed by atoms with Gasteiger partial charge in [-0.2, -0.15) is 0 Å². The van der Waals surface area contributed by atoms with Gasteiger partial charge < -0.3 is 10.2 Å². The number of hydrogen-bond acceptors (Lipinski definition) is 2. The Balaban J connectivity index is 1.50. The van der Waals surface area contributed by atoms with E-state index in [-0.39, 0.29) is 22.4 Å². The maximum Gasteiger partial charge on any atom is 0.255 e. The molecule has 0 spiro atoms. The molecule has 0 saturated carbocycles. The highest BCUT2D eigenvalue weighted by atomic mass is 35.5. The monoisotopic (exact) mass is 374 g/mol. The van der Waals surface area contributed by atoms with Crippen molar-refractivity contribution in [2.45, 2.75) is 12.8 Å². The molecule has 1 unspecified atom stereocenters. The fourth-order valence-corrected chi connectivity index (χ4v) is 3.40. The van der Waals surface area contributed by atoms with Gasteiger partial charge >= 0.3 is 0 Å². The van der Waals surface area contributed by atoms with Crippen LogP contribution in [-0.4, -0.2) is 36.3 Å². The smallest absolute Gasteiger partial charge is 0.255 e. The Kier molecular flexibility index (Phi) is 5.89. The normalized spacial score (nSPS) is 16.8. The number of carbonyl (C=O) groups excluding carboxylic acids is 2. The van der Waals surface area contributed by atoms with Crippen molar-refractivity contribution in [3.63, 3.8) is 0 Å². The first-order chi connectivity index (χ1) is 12.5. The van der Waals surface area contributed by atoms with Gasteiger partial charge in [-0.25, -0.2) is 4.39 Å². The molecule has 6 heteroatoms. The fourth-order valence-electron chi connectivity index (χ4n) is 3.16. The number of halogens is 2. The first-order valence-electron chi connectivity index (χ1n) is 8.58. The van der Waals surface area contributed by atoms with Gasteiger partial charge in [0, 0.05) is 32.0 Å². The van der Waals surface area contributed by atoms with Gasteiger partial charge in [-0.3, -0.25) is 9.59 Å². The number of benzene rings is 2. The van der Waals surface area contributed by atoms with E-state index >= 15 is 0 Å². The number of likely N-dealkylation sites (tertiary alicyclic amines) is 1. The quantitative estimate of drug-likeness (QED) is 0.843. The minimum absolute atomic E-state index is 0.0211. The highest BCUT2D eigenvalue weighted by Crippen LogP contribution is 2.20. The number of nitrogens with one attached hydrogen (secondary N) is 1. The molecule has 0 radical (unpaired) electrons. The second-order valence-electron chi connectivity index (χ2n) is 6.45. The Morgan fingerprint density at radius 2 is 1.96 bits per heavy atom. The molecule has 1 aliphatic heterocycles. The average Bonchev–Trinajstić information content (AvgIpc) is 2.99. The van der Waals surface area contributed by atoms with Crippen LogP contribution in [0.25, 0.3) is 0 Å². The highest BCUT2D eigenvalue weighted by Gasteiger charge is 2.29. The van der Waals surface area contributed by atoms with Gasteiger partial charge in [0.2, 0.25) is 5.91 Å². The van der Waals surface area contributed by atoms with E-state index in [1.165, 1.54) is 23.8 Å². The maximum atomic E-state index is 13.8. The van der Waals surface area contributed by atoms with Crippen molar-refractivity contribution in [1.29, 1.82) is 0 Å². The predicted octanol–water partition coefficient (Wildman–Crippen LogP) is 3.30. The molecule has 2 amide bonds. The number of nitrogens with zero attached hydrogens (tertiary/aromatic N) is 1. The third-order valence-corrected chi connectivity index (χ3v) is 4.86. The van der Waals surface area contributed by atoms with E-state index in [4.69, 9.17) is 11.6 Å². The zero-order chi connectivity index (χ0) is 18.5. The van der Waals surface area contributed by atoms with Crippen molar-refractivity contribution in [3.05, 3.63) is 70.5 Å². The molecule has 1 N–H and O–H groups in total. The van der Waals surface area contributed by atoms with Crippen molar-refractivity contribution >= 4 is 23.4 Å². The summed E-state index contributed by atoms with van der Waals surface area (Å²) in [6, 6.07) is 14.1. The van der Waals surface area contributed by atoms with Gasteiger partial charge in [0.05, 0.1) is 10.6 Å². The molecular formula is C20H20ClFN2O2. The van der Waals surface area contributed by atoms with Crippen LogP contribution in [0.3, 0.4) is 0 Å². The topological polar surface area (TPSA) is 49.4 Å². The number of carbonyl (C=O) groups is 2. The summed E-state index contributed by atoms with van der Waals surface area (Å²) in [4.78, 5) is 26.2. The van der Waals surface area contributed by atoms with Crippen LogP contribution in [0, 0.1) is 11.7 Å².